The first-order chi connectivity index (χ1) is 8.37. The zero-order valence-corrected chi connectivity index (χ0v) is 12.2. The van der Waals surface area contributed by atoms with Gasteiger partial charge in [0.2, 0.25) is 0 Å². The lowest BCUT2D eigenvalue weighted by molar-refractivity contribution is 0.310. The minimum Gasteiger partial charge on any atom is -0.326 e. The molecule has 3 heteroatoms. The van der Waals surface area contributed by atoms with Crippen LogP contribution < -0.4 is 11.1 Å². The first-order valence-corrected chi connectivity index (χ1v) is 6.99. The second-order valence-electron chi connectivity index (χ2n) is 6.52. The third kappa shape index (κ3) is 3.25. The van der Waals surface area contributed by atoms with Crippen LogP contribution >= 0.6 is 11.6 Å². The van der Waals surface area contributed by atoms with Crippen LogP contribution in [0.1, 0.15) is 38.7 Å². The van der Waals surface area contributed by atoms with Crippen molar-refractivity contribution in [1.29, 1.82) is 0 Å². The SMILES string of the molecule is CC(C)(C)CC1NCC(c2cccc(Cl)c2)C1N. The van der Waals surface area contributed by atoms with E-state index in [9.17, 15) is 0 Å². The predicted octanol–water partition coefficient (Wildman–Crippen LogP) is 3.16. The lowest BCUT2D eigenvalue weighted by Crippen LogP contribution is -2.40. The molecule has 1 fully saturated rings. The number of halogens is 1. The Kier molecular flexibility index (Phi) is 4.00. The Balaban J connectivity index is 2.09. The van der Waals surface area contributed by atoms with E-state index in [0.29, 0.717) is 17.4 Å². The van der Waals surface area contributed by atoms with Gasteiger partial charge in [0.1, 0.15) is 0 Å². The highest BCUT2D eigenvalue weighted by Gasteiger charge is 2.35. The van der Waals surface area contributed by atoms with Crippen LogP contribution in [-0.4, -0.2) is 18.6 Å². The van der Waals surface area contributed by atoms with Crippen LogP contribution in [0.15, 0.2) is 24.3 Å². The van der Waals surface area contributed by atoms with Crippen molar-refractivity contribution in [3.8, 4) is 0 Å². The molecule has 0 amide bonds. The van der Waals surface area contributed by atoms with E-state index in [2.05, 4.69) is 32.2 Å². The topological polar surface area (TPSA) is 38.0 Å². The summed E-state index contributed by atoms with van der Waals surface area (Å²) in [6, 6.07) is 8.63. The van der Waals surface area contributed by atoms with E-state index in [1.165, 1.54) is 5.56 Å². The predicted molar refractivity (Wildman–Crippen MR) is 78.0 cm³/mol. The third-order valence-corrected chi connectivity index (χ3v) is 3.87. The molecule has 1 aliphatic heterocycles. The van der Waals surface area contributed by atoms with Gasteiger partial charge >= 0.3 is 0 Å². The minimum atomic E-state index is 0.169. The van der Waals surface area contributed by atoms with Crippen LogP contribution in [0.2, 0.25) is 5.02 Å². The molecule has 3 N–H and O–H groups in total. The summed E-state index contributed by atoms with van der Waals surface area (Å²) >= 11 is 6.05. The van der Waals surface area contributed by atoms with Crippen molar-refractivity contribution in [2.24, 2.45) is 11.1 Å². The summed E-state index contributed by atoms with van der Waals surface area (Å²) < 4.78 is 0. The Bertz CT molecular complexity index is 411. The van der Waals surface area contributed by atoms with E-state index >= 15 is 0 Å². The molecule has 1 aromatic rings. The minimum absolute atomic E-state index is 0.169. The molecule has 1 aromatic carbocycles. The van der Waals surface area contributed by atoms with Gasteiger partial charge in [0.25, 0.3) is 0 Å². The molecule has 0 saturated carbocycles. The summed E-state index contributed by atoms with van der Waals surface area (Å²) in [5.74, 6) is 0.371. The van der Waals surface area contributed by atoms with Crippen LogP contribution in [0.4, 0.5) is 0 Å². The molecule has 0 aromatic heterocycles. The maximum atomic E-state index is 6.41. The molecule has 0 bridgehead atoms. The average Bonchev–Trinajstić information content (AvgIpc) is 2.58. The fourth-order valence-electron chi connectivity index (χ4n) is 2.78. The summed E-state index contributed by atoms with van der Waals surface area (Å²) in [6.07, 6.45) is 1.10. The smallest absolute Gasteiger partial charge is 0.0408 e. The summed E-state index contributed by atoms with van der Waals surface area (Å²) in [7, 11) is 0. The molecule has 100 valence electrons. The molecule has 1 heterocycles. The monoisotopic (exact) mass is 266 g/mol. The molecule has 0 radical (unpaired) electrons. The lowest BCUT2D eigenvalue weighted by atomic mass is 9.83. The molecule has 0 aliphatic carbocycles. The normalized spacial score (nSPS) is 28.6. The van der Waals surface area contributed by atoms with Gasteiger partial charge in [0.15, 0.2) is 0 Å². The van der Waals surface area contributed by atoms with Gasteiger partial charge in [0.05, 0.1) is 0 Å². The molecule has 2 rings (SSSR count). The molecular weight excluding hydrogens is 244 g/mol. The summed E-state index contributed by atoms with van der Waals surface area (Å²) in [6.45, 7) is 7.72. The van der Waals surface area contributed by atoms with Gasteiger partial charge in [-0.25, -0.2) is 0 Å². The van der Waals surface area contributed by atoms with E-state index < -0.39 is 0 Å². The fourth-order valence-corrected chi connectivity index (χ4v) is 2.97. The summed E-state index contributed by atoms with van der Waals surface area (Å²) in [4.78, 5) is 0. The summed E-state index contributed by atoms with van der Waals surface area (Å²) in [5.41, 5.74) is 7.96. The molecule has 1 aliphatic rings. The first-order valence-electron chi connectivity index (χ1n) is 6.61. The van der Waals surface area contributed by atoms with E-state index in [0.717, 1.165) is 18.0 Å². The van der Waals surface area contributed by atoms with Gasteiger partial charge in [0, 0.05) is 29.6 Å². The maximum Gasteiger partial charge on any atom is 0.0408 e. The van der Waals surface area contributed by atoms with Crippen molar-refractivity contribution in [3.05, 3.63) is 34.9 Å². The Morgan fingerprint density at radius 3 is 2.72 bits per heavy atom. The Labute approximate surface area is 115 Å². The van der Waals surface area contributed by atoms with Gasteiger partial charge in [-0.3, -0.25) is 0 Å². The number of nitrogens with two attached hydrogens (primary N) is 1. The van der Waals surface area contributed by atoms with Crippen molar-refractivity contribution < 1.29 is 0 Å². The van der Waals surface area contributed by atoms with Crippen LogP contribution in [0, 0.1) is 5.41 Å². The van der Waals surface area contributed by atoms with E-state index in [4.69, 9.17) is 17.3 Å². The molecule has 3 atom stereocenters. The number of rotatable bonds is 2. The molecular formula is C15H23ClN2. The molecule has 18 heavy (non-hydrogen) atoms. The van der Waals surface area contributed by atoms with Crippen molar-refractivity contribution >= 4 is 11.6 Å². The highest BCUT2D eigenvalue weighted by Crippen LogP contribution is 2.31. The molecule has 1 saturated heterocycles. The lowest BCUT2D eigenvalue weighted by Gasteiger charge is -2.27. The summed E-state index contributed by atoms with van der Waals surface area (Å²) in [5, 5.41) is 4.35. The maximum absolute atomic E-state index is 6.41. The largest absolute Gasteiger partial charge is 0.326 e. The van der Waals surface area contributed by atoms with Gasteiger partial charge in [-0.1, -0.05) is 44.5 Å². The van der Waals surface area contributed by atoms with E-state index in [1.54, 1.807) is 0 Å². The van der Waals surface area contributed by atoms with Crippen molar-refractivity contribution in [2.45, 2.75) is 45.2 Å². The number of nitrogens with one attached hydrogen (secondary N) is 1. The Morgan fingerprint density at radius 2 is 2.11 bits per heavy atom. The third-order valence-electron chi connectivity index (χ3n) is 3.64. The number of hydrogen-bond acceptors (Lipinski definition) is 2. The second kappa shape index (κ2) is 5.20. The quantitative estimate of drug-likeness (QED) is 0.863. The highest BCUT2D eigenvalue weighted by atomic mass is 35.5. The average molecular weight is 267 g/mol. The fraction of sp³-hybridized carbons (Fsp3) is 0.600. The number of hydrogen-bond donors (Lipinski definition) is 2. The van der Waals surface area contributed by atoms with Crippen LogP contribution in [0.25, 0.3) is 0 Å². The second-order valence-corrected chi connectivity index (χ2v) is 6.95. The van der Waals surface area contributed by atoms with Gasteiger partial charge in [-0.2, -0.15) is 0 Å². The van der Waals surface area contributed by atoms with Gasteiger partial charge in [-0.15, -0.1) is 0 Å². The molecule has 2 nitrogen and oxygen atoms in total. The van der Waals surface area contributed by atoms with E-state index in [-0.39, 0.29) is 6.04 Å². The molecule has 0 spiro atoms. The Hall–Kier alpha value is -0.570. The zero-order chi connectivity index (χ0) is 13.3. The standard InChI is InChI=1S/C15H23ClN2/c1-15(2,3)8-13-14(17)12(9-18-13)10-5-4-6-11(16)7-10/h4-7,12-14,18H,8-9,17H2,1-3H3. The van der Waals surface area contributed by atoms with Crippen molar-refractivity contribution in [1.82, 2.24) is 5.32 Å². The van der Waals surface area contributed by atoms with Gasteiger partial charge < -0.3 is 11.1 Å². The first kappa shape index (κ1) is 13.9. The van der Waals surface area contributed by atoms with Crippen LogP contribution in [-0.2, 0) is 0 Å². The Morgan fingerprint density at radius 1 is 1.39 bits per heavy atom. The van der Waals surface area contributed by atoms with Crippen LogP contribution in [0.5, 0.6) is 0 Å². The highest BCUT2D eigenvalue weighted by molar-refractivity contribution is 6.30. The number of benzene rings is 1. The van der Waals surface area contributed by atoms with Crippen molar-refractivity contribution in [2.75, 3.05) is 6.54 Å². The van der Waals surface area contributed by atoms with Gasteiger partial charge in [-0.05, 0) is 29.5 Å². The molecule has 3 unspecified atom stereocenters. The van der Waals surface area contributed by atoms with Crippen molar-refractivity contribution in [3.63, 3.8) is 0 Å². The van der Waals surface area contributed by atoms with E-state index in [1.807, 2.05) is 18.2 Å². The zero-order valence-electron chi connectivity index (χ0n) is 11.4. The van der Waals surface area contributed by atoms with Crippen LogP contribution in [0.3, 0.4) is 0 Å².